The highest BCUT2D eigenvalue weighted by atomic mass is 35.5. The third kappa shape index (κ3) is 3.64. The van der Waals surface area contributed by atoms with Gasteiger partial charge in [0.25, 0.3) is 0 Å². The number of nitrogens with two attached hydrogens (primary N) is 1. The average Bonchev–Trinajstić information content (AvgIpc) is 3.40. The van der Waals surface area contributed by atoms with Gasteiger partial charge >= 0.3 is 0 Å². The fourth-order valence-corrected chi connectivity index (χ4v) is 3.48. The molecule has 1 aromatic carbocycles. The lowest BCUT2D eigenvalue weighted by molar-refractivity contribution is -0.137. The molecule has 2 N–H and O–H groups in total. The van der Waals surface area contributed by atoms with Crippen LogP contribution in [-0.2, 0) is 4.79 Å². The van der Waals surface area contributed by atoms with Crippen LogP contribution in [0.15, 0.2) is 30.3 Å². The number of hydrogen-bond acceptors (Lipinski definition) is 2. The zero-order valence-electron chi connectivity index (χ0n) is 13.4. The van der Waals surface area contributed by atoms with Crippen molar-refractivity contribution in [1.29, 1.82) is 0 Å². The first kappa shape index (κ1) is 17.3. The molecular formula is C18H27ClN2O. The van der Waals surface area contributed by atoms with E-state index < -0.39 is 0 Å². The summed E-state index contributed by atoms with van der Waals surface area (Å²) in [4.78, 5) is 14.8. The van der Waals surface area contributed by atoms with Gasteiger partial charge in [-0.25, -0.2) is 0 Å². The van der Waals surface area contributed by atoms with Crippen molar-refractivity contribution in [1.82, 2.24) is 4.90 Å². The van der Waals surface area contributed by atoms with Gasteiger partial charge in [-0.15, -0.1) is 12.4 Å². The Kier molecular flexibility index (Phi) is 5.51. The third-order valence-electron chi connectivity index (χ3n) is 5.12. The molecule has 2 aliphatic rings. The zero-order valence-corrected chi connectivity index (χ0v) is 14.3. The maximum atomic E-state index is 12.8. The van der Waals surface area contributed by atoms with E-state index in [9.17, 15) is 4.79 Å². The summed E-state index contributed by atoms with van der Waals surface area (Å²) in [5.74, 6) is 1.52. The van der Waals surface area contributed by atoms with Crippen LogP contribution in [-0.4, -0.2) is 23.9 Å². The van der Waals surface area contributed by atoms with Crippen LogP contribution >= 0.6 is 12.4 Å². The standard InChI is InChI=1S/C18H26N2O.ClH/c1-12(16(19)13-6-4-3-5-7-13)18(21)20(2)17(14-8-9-14)15-10-11-15;/h3-7,12,14-17H,8-11,19H2,1-2H3;1H. The van der Waals surface area contributed by atoms with E-state index in [0.717, 1.165) is 17.4 Å². The Labute approximate surface area is 139 Å². The molecule has 2 unspecified atom stereocenters. The van der Waals surface area contributed by atoms with Gasteiger partial charge in [0.05, 0.1) is 5.92 Å². The van der Waals surface area contributed by atoms with Crippen molar-refractivity contribution >= 4 is 18.3 Å². The Hall–Kier alpha value is -1.06. The lowest BCUT2D eigenvalue weighted by Crippen LogP contribution is -2.44. The van der Waals surface area contributed by atoms with E-state index >= 15 is 0 Å². The highest BCUT2D eigenvalue weighted by molar-refractivity contribution is 5.85. The number of hydrogen-bond donors (Lipinski definition) is 1. The average molecular weight is 323 g/mol. The molecule has 2 aliphatic carbocycles. The number of halogens is 1. The molecule has 1 aromatic rings. The van der Waals surface area contributed by atoms with E-state index in [0.29, 0.717) is 6.04 Å². The quantitative estimate of drug-likeness (QED) is 0.872. The fraction of sp³-hybridized carbons (Fsp3) is 0.611. The molecule has 2 fully saturated rings. The van der Waals surface area contributed by atoms with Gasteiger partial charge in [-0.1, -0.05) is 37.3 Å². The second-order valence-electron chi connectivity index (χ2n) is 6.84. The van der Waals surface area contributed by atoms with E-state index in [1.807, 2.05) is 49.2 Å². The first-order valence-corrected chi connectivity index (χ1v) is 8.16. The Morgan fingerprint density at radius 2 is 1.64 bits per heavy atom. The summed E-state index contributed by atoms with van der Waals surface area (Å²) in [7, 11) is 1.98. The van der Waals surface area contributed by atoms with E-state index in [-0.39, 0.29) is 30.3 Å². The molecule has 3 nitrogen and oxygen atoms in total. The predicted octanol–water partition coefficient (Wildman–Crippen LogP) is 3.39. The van der Waals surface area contributed by atoms with Gasteiger partial charge in [0.2, 0.25) is 5.91 Å². The van der Waals surface area contributed by atoms with Crippen LogP contribution in [0.1, 0.15) is 44.2 Å². The fourth-order valence-electron chi connectivity index (χ4n) is 3.48. The molecule has 0 spiro atoms. The van der Waals surface area contributed by atoms with E-state index in [2.05, 4.69) is 0 Å². The second-order valence-corrected chi connectivity index (χ2v) is 6.84. The minimum Gasteiger partial charge on any atom is -0.342 e. The molecule has 2 atom stereocenters. The van der Waals surface area contributed by atoms with Gasteiger partial charge in [0.15, 0.2) is 0 Å². The van der Waals surface area contributed by atoms with Crippen molar-refractivity contribution in [2.24, 2.45) is 23.5 Å². The van der Waals surface area contributed by atoms with E-state index in [4.69, 9.17) is 5.73 Å². The number of nitrogens with zero attached hydrogens (tertiary/aromatic N) is 1. The van der Waals surface area contributed by atoms with Gasteiger partial charge in [-0.05, 0) is 43.1 Å². The first-order chi connectivity index (χ1) is 10.1. The molecular weight excluding hydrogens is 296 g/mol. The van der Waals surface area contributed by atoms with Crippen molar-refractivity contribution in [3.05, 3.63) is 35.9 Å². The summed E-state index contributed by atoms with van der Waals surface area (Å²) in [5, 5.41) is 0. The van der Waals surface area contributed by atoms with E-state index in [1.165, 1.54) is 25.7 Å². The lowest BCUT2D eigenvalue weighted by Gasteiger charge is -2.32. The molecule has 3 rings (SSSR count). The normalized spacial score (nSPS) is 20.2. The van der Waals surface area contributed by atoms with Crippen LogP contribution in [0.3, 0.4) is 0 Å². The summed E-state index contributed by atoms with van der Waals surface area (Å²) < 4.78 is 0. The highest BCUT2D eigenvalue weighted by Gasteiger charge is 2.45. The molecule has 2 saturated carbocycles. The molecule has 1 amide bonds. The summed E-state index contributed by atoms with van der Waals surface area (Å²) >= 11 is 0. The van der Waals surface area contributed by atoms with Crippen LogP contribution in [0.25, 0.3) is 0 Å². The molecule has 0 saturated heterocycles. The van der Waals surface area contributed by atoms with Gasteiger partial charge in [0, 0.05) is 19.1 Å². The lowest BCUT2D eigenvalue weighted by atomic mass is 9.93. The largest absolute Gasteiger partial charge is 0.342 e. The number of carbonyl (C=O) groups excluding carboxylic acids is 1. The van der Waals surface area contributed by atoms with Gasteiger partial charge in [-0.2, -0.15) is 0 Å². The van der Waals surface area contributed by atoms with Crippen LogP contribution in [0.5, 0.6) is 0 Å². The Morgan fingerprint density at radius 1 is 1.14 bits per heavy atom. The molecule has 0 bridgehead atoms. The topological polar surface area (TPSA) is 46.3 Å². The number of carbonyl (C=O) groups is 1. The van der Waals surface area contributed by atoms with Crippen molar-refractivity contribution in [2.45, 2.75) is 44.7 Å². The van der Waals surface area contributed by atoms with Crippen molar-refractivity contribution < 1.29 is 4.79 Å². The number of rotatable bonds is 6. The SMILES string of the molecule is CC(C(=O)N(C)C(C1CC1)C1CC1)C(N)c1ccccc1.Cl. The Morgan fingerprint density at radius 3 is 2.09 bits per heavy atom. The minimum absolute atomic E-state index is 0. The zero-order chi connectivity index (χ0) is 15.0. The predicted molar refractivity (Wildman–Crippen MR) is 91.8 cm³/mol. The molecule has 0 radical (unpaired) electrons. The number of amides is 1. The molecule has 0 aromatic heterocycles. The molecule has 4 heteroatoms. The van der Waals surface area contributed by atoms with Crippen LogP contribution < -0.4 is 5.73 Å². The Bertz CT molecular complexity index is 487. The minimum atomic E-state index is -0.222. The molecule has 122 valence electrons. The van der Waals surface area contributed by atoms with Crippen LogP contribution in [0, 0.1) is 17.8 Å². The van der Waals surface area contributed by atoms with Crippen molar-refractivity contribution in [3.8, 4) is 0 Å². The smallest absolute Gasteiger partial charge is 0.227 e. The Balaban J connectivity index is 0.00000176. The maximum absolute atomic E-state index is 12.8. The summed E-state index contributed by atoms with van der Waals surface area (Å²) in [5.41, 5.74) is 7.36. The first-order valence-electron chi connectivity index (χ1n) is 8.16. The summed E-state index contributed by atoms with van der Waals surface area (Å²) in [6.45, 7) is 1.97. The second kappa shape index (κ2) is 7.01. The molecule has 0 heterocycles. The number of benzene rings is 1. The van der Waals surface area contributed by atoms with Crippen molar-refractivity contribution in [3.63, 3.8) is 0 Å². The van der Waals surface area contributed by atoms with Gasteiger partial charge in [-0.3, -0.25) is 4.79 Å². The van der Waals surface area contributed by atoms with E-state index in [1.54, 1.807) is 0 Å². The summed E-state index contributed by atoms with van der Waals surface area (Å²) in [6.07, 6.45) is 5.16. The maximum Gasteiger partial charge on any atom is 0.227 e. The van der Waals surface area contributed by atoms with Crippen molar-refractivity contribution in [2.75, 3.05) is 7.05 Å². The van der Waals surface area contributed by atoms with Crippen LogP contribution in [0.2, 0.25) is 0 Å². The highest BCUT2D eigenvalue weighted by Crippen LogP contribution is 2.47. The van der Waals surface area contributed by atoms with Crippen LogP contribution in [0.4, 0.5) is 0 Å². The van der Waals surface area contributed by atoms with Gasteiger partial charge in [0.1, 0.15) is 0 Å². The monoisotopic (exact) mass is 322 g/mol. The molecule has 22 heavy (non-hydrogen) atoms. The third-order valence-corrected chi connectivity index (χ3v) is 5.12. The van der Waals surface area contributed by atoms with Gasteiger partial charge < -0.3 is 10.6 Å². The molecule has 0 aliphatic heterocycles. The summed E-state index contributed by atoms with van der Waals surface area (Å²) in [6, 6.07) is 10.2.